The van der Waals surface area contributed by atoms with Gasteiger partial charge in [-0.25, -0.2) is 0 Å². The van der Waals surface area contributed by atoms with Crippen LogP contribution in [0.15, 0.2) is 16.2 Å². The molecule has 0 aliphatic heterocycles. The molecule has 0 radical (unpaired) electrons. The van der Waals surface area contributed by atoms with Gasteiger partial charge in [-0.15, -0.1) is 11.3 Å². The highest BCUT2D eigenvalue weighted by molar-refractivity contribution is 7.13. The van der Waals surface area contributed by atoms with Crippen LogP contribution < -0.4 is 0 Å². The minimum Gasteiger partial charge on any atom is -0.465 e. The maximum absolute atomic E-state index is 11.9. The van der Waals surface area contributed by atoms with E-state index in [2.05, 4.69) is 15.1 Å². The van der Waals surface area contributed by atoms with E-state index in [0.29, 0.717) is 12.4 Å². The van der Waals surface area contributed by atoms with Gasteiger partial charge < -0.3 is 9.26 Å². The first-order chi connectivity index (χ1) is 9.13. The van der Waals surface area contributed by atoms with Crippen LogP contribution in [0, 0.1) is 5.92 Å². The average Bonchev–Trinajstić information content (AvgIpc) is 2.98. The number of carbonyl (C=O) groups excluding carboxylic acids is 1. The second-order valence-corrected chi connectivity index (χ2v) is 5.18. The summed E-state index contributed by atoms with van der Waals surface area (Å²) in [6.07, 6.45) is 1.66. The minimum atomic E-state index is -0.533. The van der Waals surface area contributed by atoms with Crippen LogP contribution in [0.25, 0.3) is 10.7 Å². The smallest absolute Gasteiger partial charge is 0.318 e. The summed E-state index contributed by atoms with van der Waals surface area (Å²) in [5.41, 5.74) is 1.69. The van der Waals surface area contributed by atoms with Gasteiger partial charge in [0.05, 0.1) is 17.0 Å². The van der Waals surface area contributed by atoms with Gasteiger partial charge in [-0.2, -0.15) is 4.98 Å². The molecule has 7 heteroatoms. The molecule has 0 aliphatic carbocycles. The summed E-state index contributed by atoms with van der Waals surface area (Å²) in [6.45, 7) is 5.93. The van der Waals surface area contributed by atoms with Crippen LogP contribution in [0.5, 0.6) is 0 Å². The molecule has 0 aliphatic rings. The number of nitrogens with zero attached hydrogens (tertiary/aromatic N) is 3. The van der Waals surface area contributed by atoms with Crippen molar-refractivity contribution in [2.45, 2.75) is 26.7 Å². The second kappa shape index (κ2) is 5.92. The number of rotatable bonds is 5. The quantitative estimate of drug-likeness (QED) is 0.783. The fourth-order valence-corrected chi connectivity index (χ4v) is 2.22. The predicted octanol–water partition coefficient (Wildman–Crippen LogP) is 2.50. The Morgan fingerprint density at radius 1 is 1.53 bits per heavy atom. The van der Waals surface area contributed by atoms with Gasteiger partial charge in [0.25, 0.3) is 0 Å². The third kappa shape index (κ3) is 2.98. The molecular formula is C12H15N3O3S. The molecular weight excluding hydrogens is 266 g/mol. The monoisotopic (exact) mass is 281 g/mol. The number of hydrogen-bond acceptors (Lipinski definition) is 7. The van der Waals surface area contributed by atoms with Gasteiger partial charge in [-0.3, -0.25) is 9.78 Å². The third-order valence-electron chi connectivity index (χ3n) is 2.57. The Bertz CT molecular complexity index is 536. The van der Waals surface area contributed by atoms with Crippen molar-refractivity contribution in [3.05, 3.63) is 17.6 Å². The molecule has 0 aromatic carbocycles. The summed E-state index contributed by atoms with van der Waals surface area (Å²) >= 11 is 1.42. The molecule has 6 nitrogen and oxygen atoms in total. The van der Waals surface area contributed by atoms with Crippen LogP contribution in [-0.2, 0) is 9.53 Å². The molecule has 19 heavy (non-hydrogen) atoms. The highest BCUT2D eigenvalue weighted by Gasteiger charge is 2.31. The van der Waals surface area contributed by atoms with Crippen LogP contribution in [0.3, 0.4) is 0 Å². The van der Waals surface area contributed by atoms with E-state index in [0.717, 1.165) is 4.88 Å². The van der Waals surface area contributed by atoms with E-state index in [4.69, 9.17) is 9.26 Å². The number of esters is 1. The maximum Gasteiger partial charge on any atom is 0.318 e. The molecule has 1 unspecified atom stereocenters. The Hall–Kier alpha value is -1.76. The largest absolute Gasteiger partial charge is 0.465 e. The standard InChI is InChI=1S/C12H15N3O3S/c1-4-17-12(16)9(7(2)3)11-14-10(15-18-11)8-5-13-6-19-8/h5-7,9H,4H2,1-3H3. The van der Waals surface area contributed by atoms with E-state index in [9.17, 15) is 4.79 Å². The molecule has 0 bridgehead atoms. The van der Waals surface area contributed by atoms with E-state index in [1.165, 1.54) is 11.3 Å². The molecule has 0 spiro atoms. The topological polar surface area (TPSA) is 78.1 Å². The summed E-state index contributed by atoms with van der Waals surface area (Å²) in [5.74, 6) is -0.107. The van der Waals surface area contributed by atoms with Gasteiger partial charge in [-0.05, 0) is 12.8 Å². The number of thiazole rings is 1. The first kappa shape index (κ1) is 13.7. The fraction of sp³-hybridized carbons (Fsp3) is 0.500. The van der Waals surface area contributed by atoms with Crippen LogP contribution in [0.1, 0.15) is 32.6 Å². The number of carbonyl (C=O) groups is 1. The van der Waals surface area contributed by atoms with Crippen molar-refractivity contribution in [2.75, 3.05) is 6.61 Å². The lowest BCUT2D eigenvalue weighted by molar-refractivity contribution is -0.146. The molecule has 2 aromatic rings. The zero-order chi connectivity index (χ0) is 13.8. The first-order valence-electron chi connectivity index (χ1n) is 6.02. The highest BCUT2D eigenvalue weighted by atomic mass is 32.1. The molecule has 2 aromatic heterocycles. The van der Waals surface area contributed by atoms with E-state index in [-0.39, 0.29) is 17.8 Å². The van der Waals surface area contributed by atoms with Gasteiger partial charge in [0.15, 0.2) is 0 Å². The maximum atomic E-state index is 11.9. The van der Waals surface area contributed by atoms with Crippen molar-refractivity contribution in [3.8, 4) is 10.7 Å². The van der Waals surface area contributed by atoms with Crippen LogP contribution in [0.2, 0.25) is 0 Å². The summed E-state index contributed by atoms with van der Waals surface area (Å²) in [6, 6.07) is 0. The van der Waals surface area contributed by atoms with Gasteiger partial charge >= 0.3 is 5.97 Å². The first-order valence-corrected chi connectivity index (χ1v) is 6.90. The van der Waals surface area contributed by atoms with Gasteiger partial charge in [0.2, 0.25) is 11.7 Å². The lowest BCUT2D eigenvalue weighted by Crippen LogP contribution is -2.21. The van der Waals surface area contributed by atoms with E-state index < -0.39 is 5.92 Å². The van der Waals surface area contributed by atoms with E-state index >= 15 is 0 Å². The molecule has 102 valence electrons. The van der Waals surface area contributed by atoms with E-state index in [1.54, 1.807) is 18.6 Å². The predicted molar refractivity (Wildman–Crippen MR) is 69.6 cm³/mol. The van der Waals surface area contributed by atoms with Crippen LogP contribution in [-0.4, -0.2) is 27.7 Å². The van der Waals surface area contributed by atoms with Crippen molar-refractivity contribution in [3.63, 3.8) is 0 Å². The van der Waals surface area contributed by atoms with Crippen molar-refractivity contribution < 1.29 is 14.1 Å². The molecule has 2 rings (SSSR count). The fourth-order valence-electron chi connectivity index (χ4n) is 1.68. The SMILES string of the molecule is CCOC(=O)C(c1nc(-c2cncs2)no1)C(C)C. The zero-order valence-electron chi connectivity index (χ0n) is 11.0. The van der Waals surface area contributed by atoms with Crippen LogP contribution in [0.4, 0.5) is 0 Å². The Labute approximate surface area is 114 Å². The second-order valence-electron chi connectivity index (χ2n) is 4.30. The molecule has 0 saturated carbocycles. The Balaban J connectivity index is 2.26. The van der Waals surface area contributed by atoms with Crippen molar-refractivity contribution in [1.29, 1.82) is 0 Å². The summed E-state index contributed by atoms with van der Waals surface area (Å²) < 4.78 is 10.2. The third-order valence-corrected chi connectivity index (χ3v) is 3.34. The number of hydrogen-bond donors (Lipinski definition) is 0. The number of aromatic nitrogens is 3. The average molecular weight is 281 g/mol. The molecule has 0 fully saturated rings. The van der Waals surface area contributed by atoms with Gasteiger partial charge in [0.1, 0.15) is 5.92 Å². The zero-order valence-corrected chi connectivity index (χ0v) is 11.8. The van der Waals surface area contributed by atoms with Crippen molar-refractivity contribution >= 4 is 17.3 Å². The van der Waals surface area contributed by atoms with E-state index in [1.807, 2.05) is 13.8 Å². The summed E-state index contributed by atoms with van der Waals surface area (Å²) in [4.78, 5) is 21.0. The molecule has 0 N–H and O–H groups in total. The van der Waals surface area contributed by atoms with Crippen LogP contribution >= 0.6 is 11.3 Å². The van der Waals surface area contributed by atoms with Crippen molar-refractivity contribution in [2.24, 2.45) is 5.92 Å². The molecule has 1 atom stereocenters. The minimum absolute atomic E-state index is 0.0220. The highest BCUT2D eigenvalue weighted by Crippen LogP contribution is 2.27. The molecule has 0 saturated heterocycles. The molecule has 0 amide bonds. The number of ether oxygens (including phenoxy) is 1. The summed E-state index contributed by atoms with van der Waals surface area (Å²) in [7, 11) is 0. The Morgan fingerprint density at radius 3 is 2.89 bits per heavy atom. The lowest BCUT2D eigenvalue weighted by Gasteiger charge is -2.14. The summed E-state index contributed by atoms with van der Waals surface area (Å²) in [5, 5.41) is 3.88. The van der Waals surface area contributed by atoms with Gasteiger partial charge in [0, 0.05) is 6.20 Å². The molecule has 2 heterocycles. The Morgan fingerprint density at radius 2 is 2.32 bits per heavy atom. The Kier molecular flexibility index (Phi) is 4.26. The van der Waals surface area contributed by atoms with Gasteiger partial charge in [-0.1, -0.05) is 19.0 Å². The lowest BCUT2D eigenvalue weighted by atomic mass is 9.96. The normalized spacial score (nSPS) is 12.6. The van der Waals surface area contributed by atoms with Crippen molar-refractivity contribution in [1.82, 2.24) is 15.1 Å².